The van der Waals surface area contributed by atoms with Crippen LogP contribution in [0.25, 0.3) is 0 Å². The van der Waals surface area contributed by atoms with Crippen molar-refractivity contribution in [3.05, 3.63) is 11.8 Å². The van der Waals surface area contributed by atoms with E-state index in [1.54, 1.807) is 14.0 Å². The van der Waals surface area contributed by atoms with Gasteiger partial charge in [0, 0.05) is 25.4 Å². The fraction of sp³-hybridized carbons (Fsp3) is 0.636. The summed E-state index contributed by atoms with van der Waals surface area (Å²) in [5, 5.41) is 11.8. The molecule has 0 spiro atoms. The average molecular weight is 229 g/mol. The molecule has 0 rings (SSSR count). The minimum atomic E-state index is -1.38. The van der Waals surface area contributed by atoms with Crippen LogP contribution in [0.5, 0.6) is 0 Å². The highest BCUT2D eigenvalue weighted by Gasteiger charge is 2.34. The van der Waals surface area contributed by atoms with Crippen molar-refractivity contribution in [3.63, 3.8) is 0 Å². The third-order valence-corrected chi connectivity index (χ3v) is 2.21. The number of carboxylic acids is 1. The fourth-order valence-electron chi connectivity index (χ4n) is 0.884. The molecule has 0 atom stereocenters. The predicted octanol–water partition coefficient (Wildman–Crippen LogP) is 0.806. The first-order valence-corrected chi connectivity index (χ1v) is 5.01. The van der Waals surface area contributed by atoms with E-state index in [1.165, 1.54) is 19.9 Å². The Morgan fingerprint density at radius 2 is 2.00 bits per heavy atom. The van der Waals surface area contributed by atoms with Gasteiger partial charge in [-0.3, -0.25) is 9.59 Å². The van der Waals surface area contributed by atoms with Crippen LogP contribution in [-0.2, 0) is 14.3 Å². The highest BCUT2D eigenvalue weighted by molar-refractivity contribution is 6.08. The Morgan fingerprint density at radius 3 is 2.44 bits per heavy atom. The summed E-state index contributed by atoms with van der Waals surface area (Å²) >= 11 is 0. The molecule has 16 heavy (non-hydrogen) atoms. The largest absolute Gasteiger partial charge is 0.481 e. The van der Waals surface area contributed by atoms with E-state index in [1.807, 2.05) is 0 Å². The van der Waals surface area contributed by atoms with Crippen LogP contribution in [0.2, 0.25) is 0 Å². The third-order valence-electron chi connectivity index (χ3n) is 2.21. The number of rotatable bonds is 7. The molecule has 0 aromatic heterocycles. The molecular weight excluding hydrogens is 210 g/mol. The number of carbonyl (C=O) groups excluding carboxylic acids is 1. The van der Waals surface area contributed by atoms with Crippen LogP contribution < -0.4 is 5.32 Å². The lowest BCUT2D eigenvalue weighted by molar-refractivity contribution is -0.151. The van der Waals surface area contributed by atoms with Crippen molar-refractivity contribution in [3.8, 4) is 0 Å². The van der Waals surface area contributed by atoms with E-state index in [-0.39, 0.29) is 0 Å². The molecule has 5 heteroatoms. The normalized spacial score (nSPS) is 12.4. The van der Waals surface area contributed by atoms with Crippen molar-refractivity contribution < 1.29 is 19.4 Å². The van der Waals surface area contributed by atoms with Gasteiger partial charge in [0.25, 0.3) is 0 Å². The van der Waals surface area contributed by atoms with Gasteiger partial charge in [0.2, 0.25) is 0 Å². The van der Waals surface area contributed by atoms with Crippen LogP contribution >= 0.6 is 0 Å². The Hall–Kier alpha value is -1.36. The number of carbonyl (C=O) groups is 2. The molecule has 0 aliphatic rings. The summed E-state index contributed by atoms with van der Waals surface area (Å²) in [6.45, 7) is 5.60. The van der Waals surface area contributed by atoms with E-state index < -0.39 is 17.2 Å². The number of methoxy groups -OCH3 is 1. The Balaban J connectivity index is 4.41. The molecule has 92 valence electrons. The standard InChI is InChI=1S/C11H19NO4/c1-8(12-5-6-16-4)7-9(13)11(2,3)10(14)15/h7,12H,5-6H2,1-4H3,(H,14,15). The average Bonchev–Trinajstić information content (AvgIpc) is 2.17. The number of hydrogen-bond acceptors (Lipinski definition) is 4. The number of carboxylic acid groups (broad SMARTS) is 1. The van der Waals surface area contributed by atoms with Gasteiger partial charge in [-0.25, -0.2) is 0 Å². The van der Waals surface area contributed by atoms with Crippen molar-refractivity contribution in [2.75, 3.05) is 20.3 Å². The second-order valence-electron chi connectivity index (χ2n) is 4.04. The van der Waals surface area contributed by atoms with E-state index in [0.29, 0.717) is 18.8 Å². The lowest BCUT2D eigenvalue weighted by atomic mass is 9.88. The molecule has 0 unspecified atom stereocenters. The van der Waals surface area contributed by atoms with Gasteiger partial charge in [-0.1, -0.05) is 0 Å². The van der Waals surface area contributed by atoms with E-state index in [9.17, 15) is 9.59 Å². The molecule has 0 radical (unpaired) electrons. The lowest BCUT2D eigenvalue weighted by Crippen LogP contribution is -2.32. The topological polar surface area (TPSA) is 75.6 Å². The molecule has 0 heterocycles. The van der Waals surface area contributed by atoms with Crippen LogP contribution in [0.4, 0.5) is 0 Å². The first-order chi connectivity index (χ1) is 7.32. The van der Waals surface area contributed by atoms with Crippen LogP contribution in [0, 0.1) is 5.41 Å². The zero-order valence-corrected chi connectivity index (χ0v) is 10.2. The Morgan fingerprint density at radius 1 is 1.44 bits per heavy atom. The third kappa shape index (κ3) is 4.44. The predicted molar refractivity (Wildman–Crippen MR) is 60.1 cm³/mol. The quantitative estimate of drug-likeness (QED) is 0.384. The summed E-state index contributed by atoms with van der Waals surface area (Å²) in [5.74, 6) is -1.55. The maximum atomic E-state index is 11.6. The molecule has 5 nitrogen and oxygen atoms in total. The van der Waals surface area contributed by atoms with Crippen LogP contribution in [0.3, 0.4) is 0 Å². The molecule has 0 amide bonds. The monoisotopic (exact) mass is 229 g/mol. The van der Waals surface area contributed by atoms with Crippen molar-refractivity contribution in [1.29, 1.82) is 0 Å². The van der Waals surface area contributed by atoms with Crippen LogP contribution in [-0.4, -0.2) is 37.1 Å². The van der Waals surface area contributed by atoms with Gasteiger partial charge in [0.15, 0.2) is 5.78 Å². The molecule has 0 fully saturated rings. The Labute approximate surface area is 95.5 Å². The molecule has 0 aliphatic heterocycles. The maximum absolute atomic E-state index is 11.6. The zero-order chi connectivity index (χ0) is 12.8. The molecule has 0 aromatic carbocycles. The summed E-state index contributed by atoms with van der Waals surface area (Å²) in [7, 11) is 1.58. The van der Waals surface area contributed by atoms with Gasteiger partial charge in [-0.2, -0.15) is 0 Å². The summed E-state index contributed by atoms with van der Waals surface area (Å²) < 4.78 is 4.83. The number of nitrogens with one attached hydrogen (secondary N) is 1. The summed E-state index contributed by atoms with van der Waals surface area (Å²) in [6.07, 6.45) is 1.31. The fourth-order valence-corrected chi connectivity index (χ4v) is 0.884. The van der Waals surface area contributed by atoms with Crippen molar-refractivity contribution in [1.82, 2.24) is 5.32 Å². The highest BCUT2D eigenvalue weighted by Crippen LogP contribution is 2.17. The van der Waals surface area contributed by atoms with Crippen LogP contribution in [0.1, 0.15) is 20.8 Å². The molecular formula is C11H19NO4. The zero-order valence-electron chi connectivity index (χ0n) is 10.2. The van der Waals surface area contributed by atoms with E-state index in [4.69, 9.17) is 9.84 Å². The van der Waals surface area contributed by atoms with Crippen LogP contribution in [0.15, 0.2) is 11.8 Å². The van der Waals surface area contributed by atoms with Gasteiger partial charge in [0.05, 0.1) is 6.61 Å². The van der Waals surface area contributed by atoms with Crippen molar-refractivity contribution >= 4 is 11.8 Å². The Kier molecular flexibility index (Phi) is 5.74. The summed E-state index contributed by atoms with van der Waals surface area (Å²) in [6, 6.07) is 0. The van der Waals surface area contributed by atoms with E-state index in [0.717, 1.165) is 0 Å². The number of aliphatic carboxylic acids is 1. The lowest BCUT2D eigenvalue weighted by Gasteiger charge is -2.15. The van der Waals surface area contributed by atoms with Gasteiger partial charge in [-0.15, -0.1) is 0 Å². The molecule has 0 saturated heterocycles. The van der Waals surface area contributed by atoms with Crippen molar-refractivity contribution in [2.24, 2.45) is 5.41 Å². The first-order valence-electron chi connectivity index (χ1n) is 5.01. The maximum Gasteiger partial charge on any atom is 0.316 e. The Bertz CT molecular complexity index is 294. The second kappa shape index (κ2) is 6.27. The van der Waals surface area contributed by atoms with Gasteiger partial charge in [0.1, 0.15) is 5.41 Å². The minimum absolute atomic E-state index is 0.428. The summed E-state index contributed by atoms with van der Waals surface area (Å²) in [4.78, 5) is 22.4. The second-order valence-corrected chi connectivity index (χ2v) is 4.04. The van der Waals surface area contributed by atoms with Crippen molar-refractivity contribution in [2.45, 2.75) is 20.8 Å². The van der Waals surface area contributed by atoms with Gasteiger partial charge in [-0.05, 0) is 20.8 Å². The number of allylic oxidation sites excluding steroid dienone is 2. The highest BCUT2D eigenvalue weighted by atomic mass is 16.5. The first kappa shape index (κ1) is 14.6. The van der Waals surface area contributed by atoms with Gasteiger partial charge >= 0.3 is 5.97 Å². The molecule has 0 bridgehead atoms. The summed E-state index contributed by atoms with van der Waals surface area (Å²) in [5.41, 5.74) is -0.749. The number of ether oxygens (including phenoxy) is 1. The molecule has 0 saturated carbocycles. The van der Waals surface area contributed by atoms with E-state index >= 15 is 0 Å². The smallest absolute Gasteiger partial charge is 0.316 e. The van der Waals surface area contributed by atoms with Gasteiger partial charge < -0.3 is 15.2 Å². The number of hydrogen-bond donors (Lipinski definition) is 2. The van der Waals surface area contributed by atoms with E-state index in [2.05, 4.69) is 5.32 Å². The SMILES string of the molecule is COCCNC(C)=CC(=O)C(C)(C)C(=O)O. The molecule has 0 aliphatic carbocycles. The molecule has 2 N–H and O–H groups in total. The minimum Gasteiger partial charge on any atom is -0.481 e. The molecule has 0 aromatic rings. The number of ketones is 1.